The summed E-state index contributed by atoms with van der Waals surface area (Å²) in [6.45, 7) is 5.54. The van der Waals surface area contributed by atoms with E-state index in [1.54, 1.807) is 81.2 Å². The predicted molar refractivity (Wildman–Crippen MR) is 126 cm³/mol. The van der Waals surface area contributed by atoms with Gasteiger partial charge in [0.1, 0.15) is 5.69 Å². The molecule has 172 valence electrons. The molecule has 0 aliphatic rings. The minimum atomic E-state index is -0.481. The second kappa shape index (κ2) is 10.4. The Morgan fingerprint density at radius 3 is 2.30 bits per heavy atom. The van der Waals surface area contributed by atoms with Crippen molar-refractivity contribution in [3.8, 4) is 0 Å². The van der Waals surface area contributed by atoms with Crippen molar-refractivity contribution >= 4 is 29.3 Å². The molecule has 2 heterocycles. The zero-order valence-electron chi connectivity index (χ0n) is 19.1. The van der Waals surface area contributed by atoms with Gasteiger partial charge in [-0.15, -0.1) is 0 Å². The van der Waals surface area contributed by atoms with Gasteiger partial charge in [0.05, 0.1) is 13.2 Å². The number of halogens is 1. The third kappa shape index (κ3) is 5.31. The number of ether oxygens (including phenoxy) is 1. The molecule has 0 aliphatic heterocycles. The molecular formula is C25H26ClN3O4. The summed E-state index contributed by atoms with van der Waals surface area (Å²) in [5.41, 5.74) is 3.21. The molecular weight excluding hydrogens is 442 g/mol. The number of aromatic nitrogens is 2. The fourth-order valence-corrected chi connectivity index (χ4v) is 3.94. The summed E-state index contributed by atoms with van der Waals surface area (Å²) in [6, 6.07) is 10.1. The van der Waals surface area contributed by atoms with Crippen LogP contribution in [0.1, 0.15) is 54.9 Å². The Bertz CT molecular complexity index is 1170. The van der Waals surface area contributed by atoms with E-state index in [0.717, 1.165) is 5.56 Å². The maximum absolute atomic E-state index is 13.4. The maximum atomic E-state index is 13.4. The van der Waals surface area contributed by atoms with Crippen LogP contribution in [0.5, 0.6) is 0 Å². The lowest BCUT2D eigenvalue weighted by molar-refractivity contribution is 0.0514. The van der Waals surface area contributed by atoms with Gasteiger partial charge in [-0.25, -0.2) is 4.79 Å². The van der Waals surface area contributed by atoms with Crippen LogP contribution in [-0.4, -0.2) is 45.3 Å². The Hall–Kier alpha value is -3.45. The Morgan fingerprint density at radius 1 is 1.06 bits per heavy atom. The third-order valence-corrected chi connectivity index (χ3v) is 5.77. The van der Waals surface area contributed by atoms with Crippen LogP contribution in [0.3, 0.4) is 0 Å². The van der Waals surface area contributed by atoms with E-state index < -0.39 is 5.97 Å². The number of Topliss-reactive ketones (excluding diaryl/α,β-unsaturated/α-hetero) is 1. The minimum Gasteiger partial charge on any atom is -0.461 e. The first-order valence-electron chi connectivity index (χ1n) is 10.5. The number of pyridine rings is 1. The molecule has 3 aromatic rings. The fraction of sp³-hybridized carbons (Fsp3) is 0.280. The van der Waals surface area contributed by atoms with E-state index >= 15 is 0 Å². The Balaban J connectivity index is 1.95. The molecule has 0 N–H and O–H groups in total. The number of carbonyl (C=O) groups is 3. The molecule has 8 heteroatoms. The molecule has 0 unspecified atom stereocenters. The average molecular weight is 468 g/mol. The van der Waals surface area contributed by atoms with Crippen LogP contribution in [0.2, 0.25) is 5.02 Å². The number of esters is 1. The smallest absolute Gasteiger partial charge is 0.355 e. The van der Waals surface area contributed by atoms with Gasteiger partial charge in [0, 0.05) is 47.8 Å². The highest BCUT2D eigenvalue weighted by Gasteiger charge is 2.28. The molecule has 3 rings (SSSR count). The summed E-state index contributed by atoms with van der Waals surface area (Å²) in [5, 5.41) is 0.519. The average Bonchev–Trinajstić information content (AvgIpc) is 3.02. The molecule has 1 aromatic carbocycles. The minimum absolute atomic E-state index is 0.155. The summed E-state index contributed by atoms with van der Waals surface area (Å²) < 4.78 is 6.81. The van der Waals surface area contributed by atoms with Crippen molar-refractivity contribution < 1.29 is 19.1 Å². The number of carbonyl (C=O) groups excluding carboxylic acids is 3. The number of hydrogen-bond acceptors (Lipinski definition) is 5. The lowest BCUT2D eigenvalue weighted by Gasteiger charge is -2.22. The first-order chi connectivity index (χ1) is 15.7. The Morgan fingerprint density at radius 2 is 1.70 bits per heavy atom. The van der Waals surface area contributed by atoms with Crippen LogP contribution < -0.4 is 0 Å². The van der Waals surface area contributed by atoms with Crippen LogP contribution >= 0.6 is 11.6 Å². The molecule has 0 fully saturated rings. The van der Waals surface area contributed by atoms with E-state index in [9.17, 15) is 14.4 Å². The number of hydrogen-bond donors (Lipinski definition) is 0. The van der Waals surface area contributed by atoms with Crippen LogP contribution in [-0.2, 0) is 18.3 Å². The zero-order valence-corrected chi connectivity index (χ0v) is 19.8. The van der Waals surface area contributed by atoms with Crippen molar-refractivity contribution in [3.63, 3.8) is 0 Å². The highest BCUT2D eigenvalue weighted by atomic mass is 35.5. The van der Waals surface area contributed by atoms with Gasteiger partial charge in [0.15, 0.2) is 5.78 Å². The van der Waals surface area contributed by atoms with Gasteiger partial charge in [-0.3, -0.25) is 14.6 Å². The van der Waals surface area contributed by atoms with E-state index in [2.05, 4.69) is 4.98 Å². The van der Waals surface area contributed by atoms with Gasteiger partial charge in [0.2, 0.25) is 0 Å². The van der Waals surface area contributed by atoms with Gasteiger partial charge < -0.3 is 14.2 Å². The first kappa shape index (κ1) is 24.2. The molecule has 0 saturated heterocycles. The highest BCUT2D eigenvalue weighted by molar-refractivity contribution is 6.30. The molecule has 0 bridgehead atoms. The highest BCUT2D eigenvalue weighted by Crippen LogP contribution is 2.24. The predicted octanol–water partition coefficient (Wildman–Crippen LogP) is 4.39. The van der Waals surface area contributed by atoms with Gasteiger partial charge in [0.25, 0.3) is 5.91 Å². The number of amides is 1. The first-order valence-corrected chi connectivity index (χ1v) is 10.9. The molecule has 0 atom stereocenters. The van der Waals surface area contributed by atoms with Crippen LogP contribution in [0, 0.1) is 13.8 Å². The standard InChI is InChI=1S/C25H26ClN3O4/c1-5-33-25(32)23-16(2)22(17(3)28(23)4)21(30)15-29(14-18-10-12-27-13-11-18)24(31)19-6-8-20(26)9-7-19/h6-13H,5,14-15H2,1-4H3. The third-order valence-electron chi connectivity index (χ3n) is 5.51. The van der Waals surface area contributed by atoms with Crippen LogP contribution in [0.4, 0.5) is 0 Å². The fourth-order valence-electron chi connectivity index (χ4n) is 3.81. The Kier molecular flexibility index (Phi) is 7.66. The van der Waals surface area contributed by atoms with Crippen molar-refractivity contribution in [2.24, 2.45) is 7.05 Å². The van der Waals surface area contributed by atoms with Gasteiger partial charge in [-0.2, -0.15) is 0 Å². The van der Waals surface area contributed by atoms with Crippen LogP contribution in [0.15, 0.2) is 48.8 Å². The summed E-state index contributed by atoms with van der Waals surface area (Å²) >= 11 is 5.96. The summed E-state index contributed by atoms with van der Waals surface area (Å²) in [4.78, 5) is 44.6. The van der Waals surface area contributed by atoms with Crippen molar-refractivity contribution in [2.45, 2.75) is 27.3 Å². The largest absolute Gasteiger partial charge is 0.461 e. The van der Waals surface area contributed by atoms with E-state index in [0.29, 0.717) is 33.1 Å². The van der Waals surface area contributed by atoms with Crippen molar-refractivity contribution in [1.29, 1.82) is 0 Å². The monoisotopic (exact) mass is 467 g/mol. The SMILES string of the molecule is CCOC(=O)c1c(C)c(C(=O)CN(Cc2ccncc2)C(=O)c2ccc(Cl)cc2)c(C)n1C. The van der Waals surface area contributed by atoms with E-state index in [4.69, 9.17) is 16.3 Å². The second-order valence-electron chi connectivity index (χ2n) is 7.66. The van der Waals surface area contributed by atoms with E-state index in [-0.39, 0.29) is 31.4 Å². The summed E-state index contributed by atoms with van der Waals surface area (Å²) in [7, 11) is 1.72. The summed E-state index contributed by atoms with van der Waals surface area (Å²) in [6.07, 6.45) is 3.28. The summed E-state index contributed by atoms with van der Waals surface area (Å²) in [5.74, 6) is -1.04. The topological polar surface area (TPSA) is 81.5 Å². The lowest BCUT2D eigenvalue weighted by atomic mass is 10.0. The molecule has 2 aromatic heterocycles. The molecule has 0 aliphatic carbocycles. The van der Waals surface area contributed by atoms with E-state index in [1.807, 2.05) is 0 Å². The second-order valence-corrected chi connectivity index (χ2v) is 8.10. The van der Waals surface area contributed by atoms with Crippen LogP contribution in [0.25, 0.3) is 0 Å². The normalized spacial score (nSPS) is 10.7. The number of nitrogens with zero attached hydrogens (tertiary/aromatic N) is 3. The lowest BCUT2D eigenvalue weighted by Crippen LogP contribution is -2.35. The van der Waals surface area contributed by atoms with Crippen molar-refractivity contribution in [2.75, 3.05) is 13.2 Å². The number of ketones is 1. The number of benzene rings is 1. The van der Waals surface area contributed by atoms with Gasteiger partial charge >= 0.3 is 5.97 Å². The molecule has 1 amide bonds. The molecule has 7 nitrogen and oxygen atoms in total. The van der Waals surface area contributed by atoms with Crippen molar-refractivity contribution in [1.82, 2.24) is 14.5 Å². The van der Waals surface area contributed by atoms with Crippen molar-refractivity contribution in [3.05, 3.63) is 87.5 Å². The molecule has 33 heavy (non-hydrogen) atoms. The van der Waals surface area contributed by atoms with Gasteiger partial charge in [-0.1, -0.05) is 11.6 Å². The maximum Gasteiger partial charge on any atom is 0.355 e. The molecule has 0 radical (unpaired) electrons. The van der Waals surface area contributed by atoms with Gasteiger partial charge in [-0.05, 0) is 68.3 Å². The quantitative estimate of drug-likeness (QED) is 0.362. The zero-order chi connectivity index (χ0) is 24.1. The molecule has 0 spiro atoms. The number of rotatable bonds is 8. The van der Waals surface area contributed by atoms with E-state index in [1.165, 1.54) is 4.90 Å². The Labute approximate surface area is 197 Å². The molecule has 0 saturated carbocycles.